The molecular formula is C15H20ClNO2. The Morgan fingerprint density at radius 1 is 1.11 bits per heavy atom. The van der Waals surface area contributed by atoms with Gasteiger partial charge in [0.15, 0.2) is 11.5 Å². The van der Waals surface area contributed by atoms with Gasteiger partial charge in [0.25, 0.3) is 0 Å². The molecule has 104 valence electrons. The summed E-state index contributed by atoms with van der Waals surface area (Å²) in [4.78, 5) is 0. The number of anilines is 1. The van der Waals surface area contributed by atoms with Gasteiger partial charge in [-0.25, -0.2) is 0 Å². The van der Waals surface area contributed by atoms with Gasteiger partial charge in [0, 0.05) is 18.2 Å². The number of halogens is 1. The number of fused-ring (bicyclic) bond motifs is 1. The molecule has 1 aliphatic carbocycles. The Kier molecular flexibility index (Phi) is 3.48. The van der Waals surface area contributed by atoms with Crippen molar-refractivity contribution < 1.29 is 9.47 Å². The van der Waals surface area contributed by atoms with Crippen molar-refractivity contribution in [3.63, 3.8) is 0 Å². The van der Waals surface area contributed by atoms with E-state index in [2.05, 4.69) is 19.2 Å². The topological polar surface area (TPSA) is 30.5 Å². The minimum Gasteiger partial charge on any atom is -0.454 e. The molecule has 1 saturated carbocycles. The quantitative estimate of drug-likeness (QED) is 0.876. The molecule has 0 amide bonds. The smallest absolute Gasteiger partial charge is 0.231 e. The largest absolute Gasteiger partial charge is 0.454 e. The van der Waals surface area contributed by atoms with Crippen molar-refractivity contribution in [2.24, 2.45) is 11.8 Å². The summed E-state index contributed by atoms with van der Waals surface area (Å²) >= 11 is 6.29. The molecule has 19 heavy (non-hydrogen) atoms. The third-order valence-electron chi connectivity index (χ3n) is 4.42. The van der Waals surface area contributed by atoms with Crippen LogP contribution in [0.25, 0.3) is 0 Å². The Labute approximate surface area is 119 Å². The van der Waals surface area contributed by atoms with Gasteiger partial charge in [0.05, 0.1) is 10.7 Å². The minimum atomic E-state index is 0.285. The fourth-order valence-electron chi connectivity index (χ4n) is 2.93. The molecule has 1 aromatic rings. The predicted octanol–water partition coefficient (Wildman–Crippen LogP) is 4.31. The van der Waals surface area contributed by atoms with E-state index in [1.165, 1.54) is 19.3 Å². The maximum absolute atomic E-state index is 6.29. The number of benzene rings is 1. The average Bonchev–Trinajstić information content (AvgIpc) is 2.81. The van der Waals surface area contributed by atoms with Gasteiger partial charge < -0.3 is 14.8 Å². The van der Waals surface area contributed by atoms with E-state index in [4.69, 9.17) is 21.1 Å². The molecule has 0 spiro atoms. The van der Waals surface area contributed by atoms with Crippen LogP contribution in [0.4, 0.5) is 5.69 Å². The Bertz CT molecular complexity index is 477. The molecule has 1 fully saturated rings. The lowest BCUT2D eigenvalue weighted by molar-refractivity contribution is 0.174. The summed E-state index contributed by atoms with van der Waals surface area (Å²) in [6.45, 7) is 4.96. The van der Waals surface area contributed by atoms with Crippen LogP contribution in [0.15, 0.2) is 12.1 Å². The van der Waals surface area contributed by atoms with Crippen LogP contribution < -0.4 is 14.8 Å². The van der Waals surface area contributed by atoms with E-state index in [1.54, 1.807) is 0 Å². The summed E-state index contributed by atoms with van der Waals surface area (Å²) in [5.74, 6) is 3.11. The monoisotopic (exact) mass is 281 g/mol. The van der Waals surface area contributed by atoms with Crippen LogP contribution in [0, 0.1) is 11.8 Å². The lowest BCUT2D eigenvalue weighted by Gasteiger charge is -2.33. The first-order valence-electron chi connectivity index (χ1n) is 6.99. The highest BCUT2D eigenvalue weighted by atomic mass is 35.5. The molecule has 1 N–H and O–H groups in total. The van der Waals surface area contributed by atoms with Crippen LogP contribution in [0.3, 0.4) is 0 Å². The second-order valence-electron chi connectivity index (χ2n) is 5.79. The summed E-state index contributed by atoms with van der Waals surface area (Å²) in [5.41, 5.74) is 0.956. The highest BCUT2D eigenvalue weighted by Gasteiger charge is 2.25. The maximum atomic E-state index is 6.29. The van der Waals surface area contributed by atoms with Crippen molar-refractivity contribution in [1.29, 1.82) is 0 Å². The summed E-state index contributed by atoms with van der Waals surface area (Å²) < 4.78 is 10.7. The van der Waals surface area contributed by atoms with Crippen molar-refractivity contribution >= 4 is 17.3 Å². The van der Waals surface area contributed by atoms with Crippen LogP contribution in [0.1, 0.15) is 33.1 Å². The Balaban J connectivity index is 1.73. The van der Waals surface area contributed by atoms with Gasteiger partial charge in [-0.2, -0.15) is 0 Å². The van der Waals surface area contributed by atoms with Crippen LogP contribution in [-0.2, 0) is 0 Å². The molecule has 3 rings (SSSR count). The van der Waals surface area contributed by atoms with E-state index in [-0.39, 0.29) is 6.79 Å². The Hall–Kier alpha value is -1.09. The summed E-state index contributed by atoms with van der Waals surface area (Å²) in [6.07, 6.45) is 3.68. The fraction of sp³-hybridized carbons (Fsp3) is 0.600. The van der Waals surface area contributed by atoms with E-state index >= 15 is 0 Å². The molecule has 0 bridgehead atoms. The zero-order chi connectivity index (χ0) is 13.4. The standard InChI is InChI=1S/C15H20ClNO2/c1-9-3-4-11(5-10(9)2)17-13-7-15-14(6-12(13)16)18-8-19-15/h6-7,9-11,17H,3-5,8H2,1-2H3. The molecule has 3 unspecified atom stereocenters. The van der Waals surface area contributed by atoms with E-state index in [0.717, 1.165) is 29.0 Å². The first-order valence-corrected chi connectivity index (χ1v) is 7.37. The average molecular weight is 282 g/mol. The normalized spacial score (nSPS) is 29.3. The second-order valence-corrected chi connectivity index (χ2v) is 6.20. The molecule has 2 aliphatic rings. The number of hydrogen-bond donors (Lipinski definition) is 1. The minimum absolute atomic E-state index is 0.285. The third kappa shape index (κ3) is 2.62. The summed E-state index contributed by atoms with van der Waals surface area (Å²) in [7, 11) is 0. The molecule has 1 aliphatic heterocycles. The number of nitrogens with one attached hydrogen (secondary N) is 1. The highest BCUT2D eigenvalue weighted by Crippen LogP contribution is 2.40. The Morgan fingerprint density at radius 3 is 2.58 bits per heavy atom. The SMILES string of the molecule is CC1CCC(Nc2cc3c(cc2Cl)OCO3)CC1C. The molecular weight excluding hydrogens is 262 g/mol. The first-order chi connectivity index (χ1) is 9.13. The number of rotatable bonds is 2. The van der Waals surface area contributed by atoms with Crippen molar-refractivity contribution in [3.8, 4) is 11.5 Å². The molecule has 0 radical (unpaired) electrons. The van der Waals surface area contributed by atoms with E-state index in [1.807, 2.05) is 12.1 Å². The van der Waals surface area contributed by atoms with Crippen LogP contribution >= 0.6 is 11.6 Å². The van der Waals surface area contributed by atoms with Crippen molar-refractivity contribution in [1.82, 2.24) is 0 Å². The zero-order valence-electron chi connectivity index (χ0n) is 11.4. The molecule has 4 heteroatoms. The Morgan fingerprint density at radius 2 is 1.84 bits per heavy atom. The van der Waals surface area contributed by atoms with Crippen molar-refractivity contribution in [2.75, 3.05) is 12.1 Å². The van der Waals surface area contributed by atoms with Gasteiger partial charge in [0.1, 0.15) is 0 Å². The molecule has 1 aromatic carbocycles. The molecule has 0 aromatic heterocycles. The first kappa shape index (κ1) is 12.9. The van der Waals surface area contributed by atoms with Gasteiger partial charge in [-0.15, -0.1) is 0 Å². The van der Waals surface area contributed by atoms with Crippen LogP contribution in [0.2, 0.25) is 5.02 Å². The van der Waals surface area contributed by atoms with E-state index < -0.39 is 0 Å². The van der Waals surface area contributed by atoms with Gasteiger partial charge in [-0.05, 0) is 31.1 Å². The van der Waals surface area contributed by atoms with Gasteiger partial charge >= 0.3 is 0 Å². The maximum Gasteiger partial charge on any atom is 0.231 e. The zero-order valence-corrected chi connectivity index (χ0v) is 12.2. The summed E-state index contributed by atoms with van der Waals surface area (Å²) in [5, 5.41) is 4.27. The van der Waals surface area contributed by atoms with Gasteiger partial charge in [-0.1, -0.05) is 25.4 Å². The lowest BCUT2D eigenvalue weighted by atomic mass is 9.79. The number of ether oxygens (including phenoxy) is 2. The molecule has 3 atom stereocenters. The lowest BCUT2D eigenvalue weighted by Crippen LogP contribution is -2.30. The molecule has 1 heterocycles. The van der Waals surface area contributed by atoms with Crippen molar-refractivity contribution in [2.45, 2.75) is 39.2 Å². The number of hydrogen-bond acceptors (Lipinski definition) is 3. The molecule has 0 saturated heterocycles. The van der Waals surface area contributed by atoms with Crippen LogP contribution in [0.5, 0.6) is 11.5 Å². The van der Waals surface area contributed by atoms with Crippen LogP contribution in [-0.4, -0.2) is 12.8 Å². The predicted molar refractivity (Wildman–Crippen MR) is 77.2 cm³/mol. The van der Waals surface area contributed by atoms with E-state index in [0.29, 0.717) is 11.1 Å². The summed E-state index contributed by atoms with van der Waals surface area (Å²) in [6, 6.07) is 4.29. The van der Waals surface area contributed by atoms with Gasteiger partial charge in [-0.3, -0.25) is 0 Å². The fourth-order valence-corrected chi connectivity index (χ4v) is 3.13. The molecule has 3 nitrogen and oxygen atoms in total. The second kappa shape index (κ2) is 5.12. The third-order valence-corrected chi connectivity index (χ3v) is 4.73. The van der Waals surface area contributed by atoms with Gasteiger partial charge in [0.2, 0.25) is 6.79 Å². The highest BCUT2D eigenvalue weighted by molar-refractivity contribution is 6.33. The van der Waals surface area contributed by atoms with Crippen molar-refractivity contribution in [3.05, 3.63) is 17.2 Å². The van der Waals surface area contributed by atoms with E-state index in [9.17, 15) is 0 Å².